The average molecular weight is 306 g/mol. The van der Waals surface area contributed by atoms with Crippen LogP contribution in [0.4, 0.5) is 4.79 Å². The molecule has 1 heterocycles. The van der Waals surface area contributed by atoms with Crippen molar-refractivity contribution < 1.29 is 19.4 Å². The van der Waals surface area contributed by atoms with Crippen LogP contribution in [0.1, 0.15) is 47.0 Å². The fraction of sp³-hybridized carbons (Fsp3) is 0.857. The van der Waals surface area contributed by atoms with Gasteiger partial charge in [0.05, 0.1) is 0 Å². The minimum atomic E-state index is -1.48. The summed E-state index contributed by atoms with van der Waals surface area (Å²) in [4.78, 5) is 23.5. The second-order valence-electron chi connectivity index (χ2n) is 6.12. The summed E-state index contributed by atoms with van der Waals surface area (Å²) in [6.45, 7) is 7.90. The van der Waals surface area contributed by atoms with Crippen LogP contribution in [0.25, 0.3) is 0 Å². The number of nitrogens with zero attached hydrogens (tertiary/aromatic N) is 1. The molecule has 0 bridgehead atoms. The van der Waals surface area contributed by atoms with Crippen LogP contribution < -0.4 is 0 Å². The number of hydrogen-bond acceptors (Lipinski definition) is 3. The van der Waals surface area contributed by atoms with Gasteiger partial charge in [-0.1, -0.05) is 6.92 Å². The van der Waals surface area contributed by atoms with Crippen molar-refractivity contribution in [2.45, 2.75) is 57.4 Å². The van der Waals surface area contributed by atoms with Crippen molar-refractivity contribution in [1.29, 1.82) is 0 Å². The molecule has 20 heavy (non-hydrogen) atoms. The molecule has 1 aliphatic heterocycles. The third kappa shape index (κ3) is 3.78. The van der Waals surface area contributed by atoms with Crippen LogP contribution >= 0.6 is 11.6 Å². The van der Waals surface area contributed by atoms with E-state index in [2.05, 4.69) is 0 Å². The van der Waals surface area contributed by atoms with Gasteiger partial charge in [0.25, 0.3) is 0 Å². The van der Waals surface area contributed by atoms with E-state index in [9.17, 15) is 14.7 Å². The quantitative estimate of drug-likeness (QED) is 0.810. The minimum Gasteiger partial charge on any atom is -0.480 e. The number of aliphatic carboxylic acids is 1. The number of rotatable bonds is 4. The van der Waals surface area contributed by atoms with E-state index in [1.165, 1.54) is 6.92 Å². The lowest BCUT2D eigenvalue weighted by molar-refractivity contribution is -0.144. The number of hydrogen-bond donors (Lipinski definition) is 1. The zero-order valence-electron chi connectivity index (χ0n) is 12.6. The summed E-state index contributed by atoms with van der Waals surface area (Å²) >= 11 is 6.07. The van der Waals surface area contributed by atoms with Crippen molar-refractivity contribution in [1.82, 2.24) is 4.90 Å². The Balaban J connectivity index is 2.72. The number of piperidine rings is 1. The fourth-order valence-corrected chi connectivity index (χ4v) is 2.56. The molecule has 2 atom stereocenters. The first kappa shape index (κ1) is 17.1. The minimum absolute atomic E-state index is 0.389. The number of likely N-dealkylation sites (tertiary alicyclic amines) is 1. The summed E-state index contributed by atoms with van der Waals surface area (Å²) in [5.41, 5.74) is -0.955. The Morgan fingerprint density at radius 2 is 1.70 bits per heavy atom. The molecule has 1 saturated heterocycles. The van der Waals surface area contributed by atoms with Gasteiger partial charge in [-0.2, -0.15) is 0 Å². The Morgan fingerprint density at radius 1 is 1.20 bits per heavy atom. The van der Waals surface area contributed by atoms with Gasteiger partial charge in [0.15, 0.2) is 0 Å². The first-order valence-electron chi connectivity index (χ1n) is 6.99. The van der Waals surface area contributed by atoms with Gasteiger partial charge in [-0.05, 0) is 40.0 Å². The van der Waals surface area contributed by atoms with E-state index in [1.54, 1.807) is 25.7 Å². The number of carbonyl (C=O) groups is 2. The summed E-state index contributed by atoms with van der Waals surface area (Å²) in [5.74, 6) is -1.66. The molecular formula is C14H24ClNO4. The van der Waals surface area contributed by atoms with Crippen molar-refractivity contribution in [3.8, 4) is 0 Å². The van der Waals surface area contributed by atoms with Crippen molar-refractivity contribution in [3.63, 3.8) is 0 Å². The van der Waals surface area contributed by atoms with Crippen LogP contribution in [0.3, 0.4) is 0 Å². The topological polar surface area (TPSA) is 66.8 Å². The zero-order chi connectivity index (χ0) is 15.6. The number of ether oxygens (including phenoxy) is 1. The third-order valence-corrected chi connectivity index (χ3v) is 4.73. The standard InChI is InChI=1S/C14H24ClNO4/c1-10(14(4,15)11(17)18)13(2,3)20-12(19)16-8-6-5-7-9-16/h10H,5-9H2,1-4H3,(H,17,18). The zero-order valence-corrected chi connectivity index (χ0v) is 13.4. The highest BCUT2D eigenvalue weighted by molar-refractivity contribution is 6.33. The van der Waals surface area contributed by atoms with Crippen molar-refractivity contribution in [3.05, 3.63) is 0 Å². The lowest BCUT2D eigenvalue weighted by Gasteiger charge is -2.39. The highest BCUT2D eigenvalue weighted by Gasteiger charge is 2.47. The van der Waals surface area contributed by atoms with Crippen molar-refractivity contribution in [2.75, 3.05) is 13.1 Å². The van der Waals surface area contributed by atoms with Gasteiger partial charge in [-0.25, -0.2) is 4.79 Å². The van der Waals surface area contributed by atoms with Gasteiger partial charge in [0.2, 0.25) is 0 Å². The van der Waals surface area contributed by atoms with Gasteiger partial charge in [-0.15, -0.1) is 11.6 Å². The molecule has 0 aliphatic carbocycles. The lowest BCUT2D eigenvalue weighted by atomic mass is 9.82. The Bertz CT molecular complexity index is 375. The molecule has 116 valence electrons. The van der Waals surface area contributed by atoms with E-state index < -0.39 is 22.4 Å². The third-order valence-electron chi connectivity index (χ3n) is 4.24. The molecule has 0 radical (unpaired) electrons. The lowest BCUT2D eigenvalue weighted by Crippen LogP contribution is -2.51. The van der Waals surface area contributed by atoms with Crippen LogP contribution in [0.2, 0.25) is 0 Å². The molecule has 0 aromatic heterocycles. The highest BCUT2D eigenvalue weighted by atomic mass is 35.5. The first-order valence-corrected chi connectivity index (χ1v) is 7.37. The van der Waals surface area contributed by atoms with Gasteiger partial charge in [0, 0.05) is 19.0 Å². The number of halogens is 1. The predicted molar refractivity (Wildman–Crippen MR) is 77.0 cm³/mol. The van der Waals surface area contributed by atoms with Gasteiger partial charge >= 0.3 is 12.1 Å². The van der Waals surface area contributed by atoms with Gasteiger partial charge in [0.1, 0.15) is 10.5 Å². The first-order chi connectivity index (χ1) is 9.09. The maximum absolute atomic E-state index is 12.1. The van der Waals surface area contributed by atoms with Gasteiger partial charge < -0.3 is 14.7 Å². The molecule has 1 fully saturated rings. The van der Waals surface area contributed by atoms with Gasteiger partial charge in [-0.3, -0.25) is 4.79 Å². The number of carboxylic acid groups (broad SMARTS) is 1. The smallest absolute Gasteiger partial charge is 0.410 e. The molecule has 5 nitrogen and oxygen atoms in total. The Kier molecular flexibility index (Phi) is 5.30. The Hall–Kier alpha value is -0.970. The SMILES string of the molecule is CC(C(C)(C)OC(=O)N1CCCCC1)C(C)(Cl)C(=O)O. The predicted octanol–water partition coefficient (Wildman–Crippen LogP) is 3.11. The molecule has 6 heteroatoms. The normalized spacial score (nSPS) is 20.9. The molecule has 0 spiro atoms. The summed E-state index contributed by atoms with van der Waals surface area (Å²) in [6.07, 6.45) is 2.70. The van der Waals surface area contributed by atoms with E-state index in [0.717, 1.165) is 19.3 Å². The van der Waals surface area contributed by atoms with Crippen LogP contribution in [0.15, 0.2) is 0 Å². The summed E-state index contributed by atoms with van der Waals surface area (Å²) < 4.78 is 5.51. The highest BCUT2D eigenvalue weighted by Crippen LogP contribution is 2.36. The van der Waals surface area contributed by atoms with E-state index in [-0.39, 0.29) is 6.09 Å². The van der Waals surface area contributed by atoms with E-state index in [1.807, 2.05) is 0 Å². The molecular weight excluding hydrogens is 282 g/mol. The number of carboxylic acids is 1. The molecule has 1 amide bonds. The van der Waals surface area contributed by atoms with Crippen LogP contribution in [-0.2, 0) is 9.53 Å². The van der Waals surface area contributed by atoms with E-state index in [0.29, 0.717) is 13.1 Å². The maximum atomic E-state index is 12.1. The van der Waals surface area contributed by atoms with E-state index >= 15 is 0 Å². The molecule has 1 aliphatic rings. The molecule has 0 aromatic carbocycles. The molecule has 2 unspecified atom stereocenters. The average Bonchev–Trinajstić information content (AvgIpc) is 2.38. The molecule has 0 aromatic rings. The number of alkyl halides is 1. The largest absolute Gasteiger partial charge is 0.480 e. The maximum Gasteiger partial charge on any atom is 0.410 e. The fourth-order valence-electron chi connectivity index (χ4n) is 2.29. The summed E-state index contributed by atoms with van der Waals surface area (Å²) in [7, 11) is 0. The molecule has 0 saturated carbocycles. The van der Waals surface area contributed by atoms with Crippen LogP contribution in [0, 0.1) is 5.92 Å². The Labute approximate surface area is 125 Å². The van der Waals surface area contributed by atoms with Crippen molar-refractivity contribution >= 4 is 23.7 Å². The summed E-state index contributed by atoms with van der Waals surface area (Å²) in [5, 5.41) is 9.18. The molecule has 1 rings (SSSR count). The van der Waals surface area contributed by atoms with Crippen molar-refractivity contribution in [2.24, 2.45) is 5.92 Å². The van der Waals surface area contributed by atoms with Crippen LogP contribution in [0.5, 0.6) is 0 Å². The monoisotopic (exact) mass is 305 g/mol. The number of amides is 1. The van der Waals surface area contributed by atoms with Crippen LogP contribution in [-0.4, -0.2) is 45.6 Å². The Morgan fingerprint density at radius 3 is 2.15 bits per heavy atom. The summed E-state index contributed by atoms with van der Waals surface area (Å²) in [6, 6.07) is 0. The molecule has 1 N–H and O–H groups in total. The number of carbonyl (C=O) groups excluding carboxylic acids is 1. The van der Waals surface area contributed by atoms with E-state index in [4.69, 9.17) is 16.3 Å². The second-order valence-corrected chi connectivity index (χ2v) is 6.91. The second kappa shape index (κ2) is 6.20.